The first-order chi connectivity index (χ1) is 6.62. The minimum Gasteiger partial charge on any atom is -0.465 e. The average molecular weight is 201 g/mol. The molecule has 0 aromatic heterocycles. The molecule has 14 heavy (non-hydrogen) atoms. The number of rotatable bonds is 1. The summed E-state index contributed by atoms with van der Waals surface area (Å²) in [5, 5.41) is 25.0. The van der Waals surface area contributed by atoms with E-state index in [1.54, 1.807) is 0 Å². The van der Waals surface area contributed by atoms with Gasteiger partial charge in [0.15, 0.2) is 0 Å². The van der Waals surface area contributed by atoms with Gasteiger partial charge in [0.25, 0.3) is 0 Å². The monoisotopic (exact) mass is 201 g/mol. The van der Waals surface area contributed by atoms with Crippen LogP contribution >= 0.6 is 0 Å². The van der Waals surface area contributed by atoms with E-state index in [4.69, 9.17) is 5.11 Å². The van der Waals surface area contributed by atoms with Crippen molar-refractivity contribution < 1.29 is 15.0 Å². The molecule has 2 aliphatic heterocycles. The van der Waals surface area contributed by atoms with Crippen molar-refractivity contribution in [1.82, 2.24) is 15.5 Å². The molecule has 2 aliphatic rings. The van der Waals surface area contributed by atoms with Crippen LogP contribution in [0.15, 0.2) is 0 Å². The highest BCUT2D eigenvalue weighted by Crippen LogP contribution is 2.24. The summed E-state index contributed by atoms with van der Waals surface area (Å²) in [4.78, 5) is 11.7. The molecule has 0 saturated carbocycles. The standard InChI is InChI=1S/C8H15N3O3/c12-7(13)11-4-8(14,5-11)6-3-9-1-2-10-6/h6,9-10,14H,1-5H2,(H,12,13). The maximum absolute atomic E-state index is 10.5. The summed E-state index contributed by atoms with van der Waals surface area (Å²) in [5.74, 6) is 0. The normalized spacial score (nSPS) is 30.9. The first kappa shape index (κ1) is 9.70. The van der Waals surface area contributed by atoms with Crippen molar-refractivity contribution in [2.45, 2.75) is 11.6 Å². The van der Waals surface area contributed by atoms with Crippen LogP contribution in [0.1, 0.15) is 0 Å². The molecule has 2 heterocycles. The SMILES string of the molecule is O=C(O)N1CC(O)(C2CNCCN2)C1. The van der Waals surface area contributed by atoms with E-state index in [1.807, 2.05) is 0 Å². The topological polar surface area (TPSA) is 84.8 Å². The van der Waals surface area contributed by atoms with Gasteiger partial charge in [0, 0.05) is 19.6 Å². The van der Waals surface area contributed by atoms with Crippen molar-refractivity contribution >= 4 is 6.09 Å². The molecule has 0 aliphatic carbocycles. The van der Waals surface area contributed by atoms with Crippen molar-refractivity contribution in [3.8, 4) is 0 Å². The Kier molecular flexibility index (Phi) is 2.34. The smallest absolute Gasteiger partial charge is 0.407 e. The lowest BCUT2D eigenvalue weighted by Crippen LogP contribution is -2.74. The third-order valence-electron chi connectivity index (χ3n) is 2.89. The molecule has 6 nitrogen and oxygen atoms in total. The first-order valence-electron chi connectivity index (χ1n) is 4.76. The van der Waals surface area contributed by atoms with E-state index >= 15 is 0 Å². The van der Waals surface area contributed by atoms with Crippen molar-refractivity contribution in [1.29, 1.82) is 0 Å². The first-order valence-corrected chi connectivity index (χ1v) is 4.76. The van der Waals surface area contributed by atoms with Crippen LogP contribution in [0.4, 0.5) is 4.79 Å². The minimum atomic E-state index is -0.960. The minimum absolute atomic E-state index is 0.0353. The van der Waals surface area contributed by atoms with Crippen LogP contribution in [0.2, 0.25) is 0 Å². The predicted octanol–water partition coefficient (Wildman–Crippen LogP) is -1.73. The van der Waals surface area contributed by atoms with Crippen LogP contribution in [0.5, 0.6) is 0 Å². The van der Waals surface area contributed by atoms with Crippen molar-refractivity contribution in [3.63, 3.8) is 0 Å². The number of carboxylic acid groups (broad SMARTS) is 1. The zero-order valence-corrected chi connectivity index (χ0v) is 7.86. The second-order valence-electron chi connectivity index (χ2n) is 3.95. The zero-order valence-electron chi connectivity index (χ0n) is 7.86. The molecule has 6 heteroatoms. The van der Waals surface area contributed by atoms with Gasteiger partial charge in [-0.15, -0.1) is 0 Å². The number of hydrogen-bond donors (Lipinski definition) is 4. The lowest BCUT2D eigenvalue weighted by Gasteiger charge is -2.50. The predicted molar refractivity (Wildman–Crippen MR) is 49.2 cm³/mol. The summed E-state index contributed by atoms with van der Waals surface area (Å²) >= 11 is 0. The Bertz CT molecular complexity index is 234. The van der Waals surface area contributed by atoms with Crippen molar-refractivity contribution in [3.05, 3.63) is 0 Å². The van der Waals surface area contributed by atoms with Gasteiger partial charge in [0.05, 0.1) is 19.1 Å². The molecule has 0 bridgehead atoms. The highest BCUT2D eigenvalue weighted by atomic mass is 16.4. The van der Waals surface area contributed by atoms with Gasteiger partial charge < -0.3 is 25.7 Å². The van der Waals surface area contributed by atoms with E-state index in [-0.39, 0.29) is 19.1 Å². The number of β-amino-alcohol motifs (C(OH)–C–C–N with tert-alkyl or cyclic N) is 1. The lowest BCUT2D eigenvalue weighted by atomic mass is 9.85. The zero-order chi connectivity index (χ0) is 10.2. The summed E-state index contributed by atoms with van der Waals surface area (Å²) in [6, 6.07) is -0.0353. The van der Waals surface area contributed by atoms with E-state index in [9.17, 15) is 9.90 Å². The van der Waals surface area contributed by atoms with E-state index in [0.29, 0.717) is 6.54 Å². The highest BCUT2D eigenvalue weighted by molar-refractivity contribution is 5.66. The fraction of sp³-hybridized carbons (Fsp3) is 0.875. The Morgan fingerprint density at radius 1 is 1.43 bits per heavy atom. The second kappa shape index (κ2) is 3.38. The molecule has 1 unspecified atom stereocenters. The molecule has 0 radical (unpaired) electrons. The van der Waals surface area contributed by atoms with E-state index < -0.39 is 11.7 Å². The Morgan fingerprint density at radius 3 is 2.64 bits per heavy atom. The third-order valence-corrected chi connectivity index (χ3v) is 2.89. The maximum atomic E-state index is 10.5. The number of likely N-dealkylation sites (tertiary alicyclic amines) is 1. The number of amides is 1. The molecule has 1 atom stereocenters. The van der Waals surface area contributed by atoms with Gasteiger partial charge in [-0.1, -0.05) is 0 Å². The van der Waals surface area contributed by atoms with Crippen LogP contribution < -0.4 is 10.6 Å². The summed E-state index contributed by atoms with van der Waals surface area (Å²) < 4.78 is 0. The maximum Gasteiger partial charge on any atom is 0.407 e. The van der Waals surface area contributed by atoms with E-state index in [1.165, 1.54) is 4.90 Å². The van der Waals surface area contributed by atoms with Crippen LogP contribution in [0, 0.1) is 0 Å². The Hall–Kier alpha value is -0.850. The summed E-state index contributed by atoms with van der Waals surface area (Å²) in [6.07, 6.45) is -0.960. The number of aliphatic hydroxyl groups is 1. The molecule has 80 valence electrons. The fourth-order valence-electron chi connectivity index (χ4n) is 2.00. The van der Waals surface area contributed by atoms with Crippen molar-refractivity contribution in [2.75, 3.05) is 32.7 Å². The molecule has 0 aromatic rings. The Labute approximate surface area is 81.9 Å². The quantitative estimate of drug-likeness (QED) is 0.405. The van der Waals surface area contributed by atoms with Crippen LogP contribution in [0.25, 0.3) is 0 Å². The number of piperazine rings is 1. The fourth-order valence-corrected chi connectivity index (χ4v) is 2.00. The van der Waals surface area contributed by atoms with Gasteiger partial charge in [0.1, 0.15) is 5.60 Å². The molecular weight excluding hydrogens is 186 g/mol. The molecule has 2 fully saturated rings. The number of carbonyl (C=O) groups is 1. The van der Waals surface area contributed by atoms with E-state index in [2.05, 4.69) is 10.6 Å². The largest absolute Gasteiger partial charge is 0.465 e. The highest BCUT2D eigenvalue weighted by Gasteiger charge is 2.49. The molecular formula is C8H15N3O3. The van der Waals surface area contributed by atoms with Gasteiger partial charge in [-0.25, -0.2) is 4.79 Å². The summed E-state index contributed by atoms with van der Waals surface area (Å²) in [7, 11) is 0. The molecule has 2 saturated heterocycles. The molecule has 2 rings (SSSR count). The molecule has 1 amide bonds. The number of nitrogens with one attached hydrogen (secondary N) is 2. The average Bonchev–Trinajstić information content (AvgIpc) is 2.14. The van der Waals surface area contributed by atoms with Gasteiger partial charge in [0.2, 0.25) is 0 Å². The Morgan fingerprint density at radius 2 is 2.14 bits per heavy atom. The number of nitrogens with zero attached hydrogens (tertiary/aromatic N) is 1. The molecule has 4 N–H and O–H groups in total. The summed E-state index contributed by atoms with van der Waals surface area (Å²) in [6.45, 7) is 2.84. The van der Waals surface area contributed by atoms with Crippen LogP contribution in [0.3, 0.4) is 0 Å². The third kappa shape index (κ3) is 1.56. The lowest BCUT2D eigenvalue weighted by molar-refractivity contribution is -0.109. The number of hydrogen-bond acceptors (Lipinski definition) is 4. The summed E-state index contributed by atoms with van der Waals surface area (Å²) in [5.41, 5.74) is -0.883. The van der Waals surface area contributed by atoms with Gasteiger partial charge >= 0.3 is 6.09 Å². The van der Waals surface area contributed by atoms with Crippen molar-refractivity contribution in [2.24, 2.45) is 0 Å². The Balaban J connectivity index is 1.89. The molecule has 0 aromatic carbocycles. The van der Waals surface area contributed by atoms with Gasteiger partial charge in [-0.2, -0.15) is 0 Å². The van der Waals surface area contributed by atoms with Gasteiger partial charge in [-0.05, 0) is 0 Å². The van der Waals surface area contributed by atoms with Crippen LogP contribution in [-0.2, 0) is 0 Å². The molecule has 0 spiro atoms. The van der Waals surface area contributed by atoms with E-state index in [0.717, 1.165) is 13.1 Å². The van der Waals surface area contributed by atoms with Gasteiger partial charge in [-0.3, -0.25) is 0 Å². The van der Waals surface area contributed by atoms with Crippen LogP contribution in [-0.4, -0.2) is 65.6 Å². The second-order valence-corrected chi connectivity index (χ2v) is 3.95.